The minimum absolute atomic E-state index is 0.0280. The van der Waals surface area contributed by atoms with Crippen LogP contribution in [0.4, 0.5) is 0 Å². The van der Waals surface area contributed by atoms with Gasteiger partial charge in [-0.1, -0.05) is 59.8 Å². The van der Waals surface area contributed by atoms with Crippen LogP contribution < -0.4 is 4.74 Å². The van der Waals surface area contributed by atoms with E-state index in [0.717, 1.165) is 48.5 Å². The fourth-order valence-electron chi connectivity index (χ4n) is 4.46. The van der Waals surface area contributed by atoms with E-state index in [1.807, 2.05) is 6.07 Å². The molecule has 0 saturated heterocycles. The van der Waals surface area contributed by atoms with Crippen LogP contribution in [-0.4, -0.2) is 89.5 Å². The molecule has 0 radical (unpaired) electrons. The predicted octanol–water partition coefficient (Wildman–Crippen LogP) is 5.97. The highest BCUT2D eigenvalue weighted by Crippen LogP contribution is 2.33. The van der Waals surface area contributed by atoms with Crippen LogP contribution in [-0.2, 0) is 36.5 Å². The normalized spacial score (nSPS) is 12.3. The quantitative estimate of drug-likeness (QED) is 0.111. The Morgan fingerprint density at radius 1 is 0.634 bits per heavy atom. The van der Waals surface area contributed by atoms with E-state index in [-0.39, 0.29) is 6.61 Å². The molecule has 0 fully saturated rings. The molecule has 0 spiro atoms. The van der Waals surface area contributed by atoms with Gasteiger partial charge in [-0.15, -0.1) is 0 Å². The summed E-state index contributed by atoms with van der Waals surface area (Å²) in [6.07, 6.45) is 10.1. The van der Waals surface area contributed by atoms with Gasteiger partial charge in [0, 0.05) is 5.56 Å². The first-order valence-electron chi connectivity index (χ1n) is 15.9. The molecule has 0 unspecified atom stereocenters. The van der Waals surface area contributed by atoms with Gasteiger partial charge in [-0.3, -0.25) is 0 Å². The van der Waals surface area contributed by atoms with Gasteiger partial charge in [0.2, 0.25) is 0 Å². The number of aliphatic hydroxyl groups is 1. The van der Waals surface area contributed by atoms with Gasteiger partial charge in [0.05, 0.1) is 72.7 Å². The fourth-order valence-corrected chi connectivity index (χ4v) is 4.46. The number of phenolic OH excluding ortho intramolecular Hbond substituents is 1. The molecular weight excluding hydrogens is 524 g/mol. The standard InChI is InChI=1S/C33H60O8/c1-5-6-7-11-30-26-32(35)31(13-12-29(4)10-8-9-28(2)3)33(27-30)41-25-24-40-23-22-39-21-20-38-19-18-37-17-16-36-15-14-34/h26-29,34-35H,5-25H2,1-4H3/t29-/m0/s1. The molecule has 0 bridgehead atoms. The number of aromatic hydroxyl groups is 1. The molecule has 41 heavy (non-hydrogen) atoms. The highest BCUT2D eigenvalue weighted by atomic mass is 16.6. The molecule has 0 aliphatic rings. The molecule has 1 rings (SSSR count). The number of aliphatic hydroxyl groups excluding tert-OH is 1. The third kappa shape index (κ3) is 21.0. The topological polar surface area (TPSA) is 95.8 Å². The average Bonchev–Trinajstić information content (AvgIpc) is 2.94. The minimum atomic E-state index is 0.0280. The number of aryl methyl sites for hydroxylation is 1. The van der Waals surface area contributed by atoms with Gasteiger partial charge in [-0.25, -0.2) is 0 Å². The van der Waals surface area contributed by atoms with Crippen LogP contribution in [0.1, 0.15) is 83.8 Å². The van der Waals surface area contributed by atoms with Gasteiger partial charge in [-0.05, 0) is 55.2 Å². The maximum atomic E-state index is 10.9. The van der Waals surface area contributed by atoms with E-state index < -0.39 is 0 Å². The van der Waals surface area contributed by atoms with Crippen molar-refractivity contribution in [3.05, 3.63) is 23.3 Å². The second-order valence-electron chi connectivity index (χ2n) is 11.2. The number of hydrogen-bond donors (Lipinski definition) is 2. The highest BCUT2D eigenvalue weighted by Gasteiger charge is 2.14. The molecule has 2 N–H and O–H groups in total. The number of phenols is 1. The second kappa shape index (κ2) is 26.2. The van der Waals surface area contributed by atoms with Crippen molar-refractivity contribution in [1.29, 1.82) is 0 Å². The summed E-state index contributed by atoms with van der Waals surface area (Å²) in [5.74, 6) is 2.53. The first-order valence-corrected chi connectivity index (χ1v) is 15.9. The monoisotopic (exact) mass is 584 g/mol. The van der Waals surface area contributed by atoms with Crippen molar-refractivity contribution in [1.82, 2.24) is 0 Å². The van der Waals surface area contributed by atoms with E-state index in [4.69, 9.17) is 33.5 Å². The molecule has 1 aromatic rings. The second-order valence-corrected chi connectivity index (χ2v) is 11.2. The Morgan fingerprint density at radius 2 is 1.20 bits per heavy atom. The van der Waals surface area contributed by atoms with Crippen molar-refractivity contribution in [2.24, 2.45) is 11.8 Å². The Hall–Kier alpha value is -1.42. The summed E-state index contributed by atoms with van der Waals surface area (Å²) in [5.41, 5.74) is 2.05. The lowest BCUT2D eigenvalue weighted by Crippen LogP contribution is -2.15. The SMILES string of the molecule is CCCCCc1cc(O)c(CC[C@@H](C)CCCC(C)C)c(OCCOCCOCCOCCOCCOCCO)c1. The van der Waals surface area contributed by atoms with Crippen molar-refractivity contribution in [3.8, 4) is 11.5 Å². The number of rotatable bonds is 29. The third-order valence-electron chi connectivity index (χ3n) is 6.89. The molecule has 0 aromatic heterocycles. The van der Waals surface area contributed by atoms with Crippen molar-refractivity contribution >= 4 is 0 Å². The van der Waals surface area contributed by atoms with E-state index in [1.165, 1.54) is 32.1 Å². The lowest BCUT2D eigenvalue weighted by molar-refractivity contribution is -0.0146. The zero-order valence-corrected chi connectivity index (χ0v) is 26.5. The Kier molecular flexibility index (Phi) is 24.1. The summed E-state index contributed by atoms with van der Waals surface area (Å²) in [5, 5.41) is 19.5. The molecule has 8 nitrogen and oxygen atoms in total. The lowest BCUT2D eigenvalue weighted by atomic mass is 9.93. The number of ether oxygens (including phenoxy) is 6. The summed E-state index contributed by atoms with van der Waals surface area (Å²) in [6, 6.07) is 4.05. The highest BCUT2D eigenvalue weighted by molar-refractivity contribution is 5.47. The number of benzene rings is 1. The lowest BCUT2D eigenvalue weighted by Gasteiger charge is -2.17. The first-order chi connectivity index (χ1) is 20.0. The van der Waals surface area contributed by atoms with E-state index >= 15 is 0 Å². The zero-order valence-electron chi connectivity index (χ0n) is 26.5. The molecular formula is C33H60O8. The zero-order chi connectivity index (χ0) is 30.0. The molecule has 0 saturated carbocycles. The Morgan fingerprint density at radius 3 is 1.73 bits per heavy atom. The molecule has 1 atom stereocenters. The molecule has 1 aromatic carbocycles. The summed E-state index contributed by atoms with van der Waals surface area (Å²) >= 11 is 0. The van der Waals surface area contributed by atoms with Crippen LogP contribution in [0, 0.1) is 11.8 Å². The number of hydrogen-bond acceptors (Lipinski definition) is 8. The van der Waals surface area contributed by atoms with Crippen LogP contribution in [0.2, 0.25) is 0 Å². The van der Waals surface area contributed by atoms with Crippen molar-refractivity contribution in [2.75, 3.05) is 79.3 Å². The smallest absolute Gasteiger partial charge is 0.126 e. The first kappa shape index (κ1) is 37.6. The van der Waals surface area contributed by atoms with Crippen LogP contribution in [0.25, 0.3) is 0 Å². The maximum Gasteiger partial charge on any atom is 0.126 e. The summed E-state index contributed by atoms with van der Waals surface area (Å²) in [4.78, 5) is 0. The van der Waals surface area contributed by atoms with E-state index in [2.05, 4.69) is 33.8 Å². The average molecular weight is 585 g/mol. The van der Waals surface area contributed by atoms with Crippen molar-refractivity contribution in [2.45, 2.75) is 85.5 Å². The van der Waals surface area contributed by atoms with Gasteiger partial charge in [0.15, 0.2) is 0 Å². The number of unbranched alkanes of at least 4 members (excludes halogenated alkanes) is 2. The Labute approximate surface area is 250 Å². The van der Waals surface area contributed by atoms with Gasteiger partial charge in [0.25, 0.3) is 0 Å². The molecule has 0 amide bonds. The van der Waals surface area contributed by atoms with E-state index in [1.54, 1.807) is 0 Å². The fraction of sp³-hybridized carbons (Fsp3) is 0.818. The molecule has 0 aliphatic heterocycles. The Balaban J connectivity index is 2.30. The predicted molar refractivity (Wildman–Crippen MR) is 164 cm³/mol. The van der Waals surface area contributed by atoms with Crippen LogP contribution in [0.3, 0.4) is 0 Å². The maximum absolute atomic E-state index is 10.9. The van der Waals surface area contributed by atoms with Gasteiger partial charge in [0.1, 0.15) is 18.1 Å². The van der Waals surface area contributed by atoms with Crippen LogP contribution >= 0.6 is 0 Å². The van der Waals surface area contributed by atoms with Gasteiger partial charge >= 0.3 is 0 Å². The minimum Gasteiger partial charge on any atom is -0.508 e. The van der Waals surface area contributed by atoms with Crippen LogP contribution in [0.15, 0.2) is 12.1 Å². The summed E-state index contributed by atoms with van der Waals surface area (Å²) in [6.45, 7) is 14.3. The molecule has 0 aliphatic carbocycles. The van der Waals surface area contributed by atoms with Gasteiger partial charge < -0.3 is 38.6 Å². The summed E-state index contributed by atoms with van der Waals surface area (Å²) < 4.78 is 33.3. The van der Waals surface area contributed by atoms with Crippen molar-refractivity contribution in [3.63, 3.8) is 0 Å². The summed E-state index contributed by atoms with van der Waals surface area (Å²) in [7, 11) is 0. The van der Waals surface area contributed by atoms with Gasteiger partial charge in [-0.2, -0.15) is 0 Å². The molecule has 0 heterocycles. The molecule has 8 heteroatoms. The van der Waals surface area contributed by atoms with Crippen LogP contribution in [0.5, 0.6) is 11.5 Å². The van der Waals surface area contributed by atoms with E-state index in [9.17, 15) is 5.11 Å². The molecule has 240 valence electrons. The van der Waals surface area contributed by atoms with E-state index in [0.29, 0.717) is 84.3 Å². The van der Waals surface area contributed by atoms with Crippen molar-refractivity contribution < 1.29 is 38.6 Å². The Bertz CT molecular complexity index is 727. The third-order valence-corrected chi connectivity index (χ3v) is 6.89. The largest absolute Gasteiger partial charge is 0.508 e.